The van der Waals surface area contributed by atoms with Crippen molar-refractivity contribution < 1.29 is 14.7 Å². The first-order chi connectivity index (χ1) is 18.1. The smallest absolute Gasteiger partial charge is 0.337 e. The van der Waals surface area contributed by atoms with Gasteiger partial charge in [-0.15, -0.1) is 0 Å². The van der Waals surface area contributed by atoms with Crippen LogP contribution in [0.1, 0.15) is 37.9 Å². The number of carbonyl (C=O) groups is 2. The Morgan fingerprint density at radius 3 is 1.78 bits per heavy atom. The first-order valence-electron chi connectivity index (χ1n) is 12.4. The number of benzene rings is 4. The number of hydrogen-bond donors (Lipinski definition) is 2. The SMILES string of the molecule is O=C(Nc1ccc(N2CCN(C(c3ccccc3)c3ccccc3)CC2)cc1C(=O)O)c1ccccc1. The molecular formula is C31H29N3O3. The lowest BCUT2D eigenvalue weighted by molar-refractivity contribution is 0.0698. The Kier molecular flexibility index (Phi) is 7.28. The maximum atomic E-state index is 12.6. The van der Waals surface area contributed by atoms with E-state index in [9.17, 15) is 14.7 Å². The van der Waals surface area contributed by atoms with Crippen molar-refractivity contribution in [3.8, 4) is 0 Å². The van der Waals surface area contributed by atoms with Gasteiger partial charge in [0.1, 0.15) is 0 Å². The van der Waals surface area contributed by atoms with Crippen molar-refractivity contribution in [2.45, 2.75) is 6.04 Å². The summed E-state index contributed by atoms with van der Waals surface area (Å²) < 4.78 is 0. The van der Waals surface area contributed by atoms with Gasteiger partial charge >= 0.3 is 5.97 Å². The van der Waals surface area contributed by atoms with Crippen LogP contribution in [0.2, 0.25) is 0 Å². The van der Waals surface area contributed by atoms with E-state index >= 15 is 0 Å². The zero-order valence-corrected chi connectivity index (χ0v) is 20.5. The van der Waals surface area contributed by atoms with Gasteiger partial charge in [-0.3, -0.25) is 9.69 Å². The van der Waals surface area contributed by atoms with E-state index in [-0.39, 0.29) is 23.2 Å². The van der Waals surface area contributed by atoms with E-state index in [0.29, 0.717) is 5.56 Å². The van der Waals surface area contributed by atoms with Crippen molar-refractivity contribution in [2.24, 2.45) is 0 Å². The van der Waals surface area contributed by atoms with Crippen molar-refractivity contribution in [1.82, 2.24) is 4.90 Å². The summed E-state index contributed by atoms with van der Waals surface area (Å²) in [5.74, 6) is -1.41. The molecule has 1 amide bonds. The quantitative estimate of drug-likeness (QED) is 0.355. The minimum absolute atomic E-state index is 0.0793. The molecule has 4 aromatic carbocycles. The number of piperazine rings is 1. The molecule has 1 fully saturated rings. The average Bonchev–Trinajstić information content (AvgIpc) is 2.95. The van der Waals surface area contributed by atoms with Gasteiger partial charge in [0, 0.05) is 37.4 Å². The first-order valence-corrected chi connectivity index (χ1v) is 12.4. The lowest BCUT2D eigenvalue weighted by Gasteiger charge is -2.40. The molecule has 0 atom stereocenters. The Bertz CT molecular complexity index is 1310. The van der Waals surface area contributed by atoms with Crippen LogP contribution < -0.4 is 10.2 Å². The summed E-state index contributed by atoms with van der Waals surface area (Å²) in [6.07, 6.45) is 0. The Hall–Kier alpha value is -4.42. The number of hydrogen-bond acceptors (Lipinski definition) is 4. The van der Waals surface area contributed by atoms with Crippen molar-refractivity contribution >= 4 is 23.3 Å². The zero-order chi connectivity index (χ0) is 25.6. The third kappa shape index (κ3) is 5.55. The fourth-order valence-corrected chi connectivity index (χ4v) is 4.92. The summed E-state index contributed by atoms with van der Waals surface area (Å²) in [5, 5.41) is 12.6. The van der Waals surface area contributed by atoms with Gasteiger partial charge in [-0.05, 0) is 41.5 Å². The van der Waals surface area contributed by atoms with Crippen LogP contribution in [0.25, 0.3) is 0 Å². The van der Waals surface area contributed by atoms with Crippen LogP contribution in [-0.4, -0.2) is 48.1 Å². The van der Waals surface area contributed by atoms with Crippen LogP contribution in [0.4, 0.5) is 11.4 Å². The van der Waals surface area contributed by atoms with E-state index in [4.69, 9.17) is 0 Å². The maximum Gasteiger partial charge on any atom is 0.337 e. The summed E-state index contributed by atoms with van der Waals surface area (Å²) >= 11 is 0. The number of carbonyl (C=O) groups excluding carboxylic acids is 1. The standard InChI is InChI=1S/C31H29N3O3/c35-30(25-14-8-3-9-15-25)32-28-17-16-26(22-27(28)31(36)37)33-18-20-34(21-19-33)29(23-10-4-1-5-11-23)24-12-6-2-7-13-24/h1-17,22,29H,18-21H2,(H,32,35)(H,36,37). The van der Waals surface area contributed by atoms with Crippen LogP contribution in [0.15, 0.2) is 109 Å². The van der Waals surface area contributed by atoms with E-state index in [1.807, 2.05) is 24.3 Å². The number of anilines is 2. The molecule has 0 bridgehead atoms. The van der Waals surface area contributed by atoms with Crippen LogP contribution in [0.3, 0.4) is 0 Å². The molecule has 37 heavy (non-hydrogen) atoms. The summed E-state index contributed by atoms with van der Waals surface area (Å²) in [5.41, 5.74) is 4.20. The number of amides is 1. The van der Waals surface area contributed by atoms with Gasteiger partial charge in [0.25, 0.3) is 5.91 Å². The molecule has 186 valence electrons. The number of nitrogens with zero attached hydrogens (tertiary/aromatic N) is 2. The molecule has 0 saturated carbocycles. The molecule has 0 unspecified atom stereocenters. The number of aromatic carboxylic acids is 1. The largest absolute Gasteiger partial charge is 0.478 e. The van der Waals surface area contributed by atoms with E-state index in [2.05, 4.69) is 63.6 Å². The molecule has 0 aliphatic carbocycles. The number of rotatable bonds is 7. The molecule has 6 heteroatoms. The number of carboxylic acids is 1. The Morgan fingerprint density at radius 1 is 0.703 bits per heavy atom. The zero-order valence-electron chi connectivity index (χ0n) is 20.5. The highest BCUT2D eigenvalue weighted by Crippen LogP contribution is 2.31. The molecule has 1 aliphatic rings. The molecule has 1 saturated heterocycles. The van der Waals surface area contributed by atoms with Gasteiger partial charge in [-0.2, -0.15) is 0 Å². The number of carboxylic acid groups (broad SMARTS) is 1. The monoisotopic (exact) mass is 491 g/mol. The summed E-state index contributed by atoms with van der Waals surface area (Å²) in [6.45, 7) is 3.21. The Balaban J connectivity index is 1.32. The normalized spacial score (nSPS) is 13.9. The summed E-state index contributed by atoms with van der Waals surface area (Å²) in [7, 11) is 0. The van der Waals surface area contributed by atoms with E-state index in [1.54, 1.807) is 36.4 Å². The van der Waals surface area contributed by atoms with Crippen molar-refractivity contribution in [3.63, 3.8) is 0 Å². The highest BCUT2D eigenvalue weighted by molar-refractivity contribution is 6.08. The second kappa shape index (κ2) is 11.1. The molecule has 6 nitrogen and oxygen atoms in total. The Labute approximate surface area is 216 Å². The van der Waals surface area contributed by atoms with Gasteiger partial charge in [-0.25, -0.2) is 4.79 Å². The Morgan fingerprint density at radius 2 is 1.24 bits per heavy atom. The molecule has 0 aromatic heterocycles. The van der Waals surface area contributed by atoms with Crippen LogP contribution >= 0.6 is 0 Å². The van der Waals surface area contributed by atoms with Crippen LogP contribution in [0.5, 0.6) is 0 Å². The fourth-order valence-electron chi connectivity index (χ4n) is 4.92. The third-order valence-electron chi connectivity index (χ3n) is 6.79. The van der Waals surface area contributed by atoms with E-state index in [1.165, 1.54) is 11.1 Å². The van der Waals surface area contributed by atoms with E-state index in [0.717, 1.165) is 31.9 Å². The lowest BCUT2D eigenvalue weighted by atomic mass is 9.96. The van der Waals surface area contributed by atoms with Gasteiger partial charge in [-0.1, -0.05) is 78.9 Å². The van der Waals surface area contributed by atoms with Crippen LogP contribution in [-0.2, 0) is 0 Å². The minimum atomic E-state index is -1.07. The molecule has 0 spiro atoms. The van der Waals surface area contributed by atoms with Crippen molar-refractivity contribution in [3.05, 3.63) is 131 Å². The third-order valence-corrected chi connectivity index (χ3v) is 6.79. The van der Waals surface area contributed by atoms with Crippen molar-refractivity contribution in [1.29, 1.82) is 0 Å². The minimum Gasteiger partial charge on any atom is -0.478 e. The predicted molar refractivity (Wildman–Crippen MR) is 146 cm³/mol. The molecule has 1 aliphatic heterocycles. The molecule has 4 aromatic rings. The van der Waals surface area contributed by atoms with Gasteiger partial charge < -0.3 is 15.3 Å². The highest BCUT2D eigenvalue weighted by Gasteiger charge is 2.27. The van der Waals surface area contributed by atoms with Gasteiger partial charge in [0.2, 0.25) is 0 Å². The van der Waals surface area contributed by atoms with Crippen LogP contribution in [0, 0.1) is 0 Å². The maximum absolute atomic E-state index is 12.6. The first kappa shape index (κ1) is 24.3. The predicted octanol–water partition coefficient (Wildman–Crippen LogP) is 5.55. The summed E-state index contributed by atoms with van der Waals surface area (Å²) in [4.78, 5) is 29.3. The topological polar surface area (TPSA) is 72.9 Å². The molecule has 0 radical (unpaired) electrons. The number of nitrogens with one attached hydrogen (secondary N) is 1. The highest BCUT2D eigenvalue weighted by atomic mass is 16.4. The second-order valence-electron chi connectivity index (χ2n) is 9.10. The molecule has 1 heterocycles. The lowest BCUT2D eigenvalue weighted by Crippen LogP contribution is -2.48. The van der Waals surface area contributed by atoms with Gasteiger partial charge in [0.15, 0.2) is 0 Å². The van der Waals surface area contributed by atoms with E-state index < -0.39 is 5.97 Å². The molecule has 2 N–H and O–H groups in total. The fraction of sp³-hybridized carbons (Fsp3) is 0.161. The average molecular weight is 492 g/mol. The molecule has 5 rings (SSSR count). The van der Waals surface area contributed by atoms with Gasteiger partial charge in [0.05, 0.1) is 17.3 Å². The van der Waals surface area contributed by atoms with Crippen molar-refractivity contribution in [2.75, 3.05) is 36.4 Å². The molecular weight excluding hydrogens is 462 g/mol. The second-order valence-corrected chi connectivity index (χ2v) is 9.10. The summed E-state index contributed by atoms with van der Waals surface area (Å²) in [6, 6.07) is 35.2.